The molecule has 1 N–H and O–H groups in total. The van der Waals surface area contributed by atoms with Gasteiger partial charge in [-0.3, -0.25) is 0 Å². The van der Waals surface area contributed by atoms with Crippen molar-refractivity contribution in [1.82, 2.24) is 19.5 Å². The van der Waals surface area contributed by atoms with E-state index in [-0.39, 0.29) is 12.6 Å². The molecule has 2 aromatic heterocycles. The van der Waals surface area contributed by atoms with Crippen LogP contribution < -0.4 is 4.90 Å². The molecule has 0 amide bonds. The highest BCUT2D eigenvalue weighted by molar-refractivity contribution is 5.88. The van der Waals surface area contributed by atoms with Gasteiger partial charge in [0.15, 0.2) is 5.65 Å². The van der Waals surface area contributed by atoms with E-state index in [0.29, 0.717) is 19.2 Å². The van der Waals surface area contributed by atoms with E-state index >= 15 is 0 Å². The van der Waals surface area contributed by atoms with Crippen molar-refractivity contribution in [3.05, 3.63) is 36.2 Å². The van der Waals surface area contributed by atoms with Crippen LogP contribution in [0.3, 0.4) is 0 Å². The van der Waals surface area contributed by atoms with Crippen molar-refractivity contribution in [3.8, 4) is 11.3 Å². The minimum absolute atomic E-state index is 0.00117. The number of imidazole rings is 1. The molecule has 26 heavy (non-hydrogen) atoms. The van der Waals surface area contributed by atoms with E-state index < -0.39 is 0 Å². The molecular weight excluding hydrogens is 330 g/mol. The summed E-state index contributed by atoms with van der Waals surface area (Å²) in [4.78, 5) is 16.4. The molecule has 0 atom stereocenters. The predicted molar refractivity (Wildman–Crippen MR) is 100 cm³/mol. The topological polar surface area (TPSA) is 76.3 Å². The molecule has 0 saturated carbocycles. The second-order valence-corrected chi connectivity index (χ2v) is 6.75. The van der Waals surface area contributed by atoms with E-state index in [4.69, 9.17) is 14.7 Å². The summed E-state index contributed by atoms with van der Waals surface area (Å²) in [6.45, 7) is 7.14. The summed E-state index contributed by atoms with van der Waals surface area (Å²) in [6.07, 6.45) is 1.83. The van der Waals surface area contributed by atoms with Crippen LogP contribution in [-0.4, -0.2) is 50.9 Å². The third-order valence-corrected chi connectivity index (χ3v) is 4.64. The zero-order valence-corrected chi connectivity index (χ0v) is 15.1. The summed E-state index contributed by atoms with van der Waals surface area (Å²) in [6, 6.07) is 8.04. The first kappa shape index (κ1) is 16.9. The fourth-order valence-electron chi connectivity index (χ4n) is 3.21. The van der Waals surface area contributed by atoms with Gasteiger partial charge in [-0.25, -0.2) is 9.97 Å². The minimum atomic E-state index is -0.00117. The number of hydrogen-bond donors (Lipinski definition) is 1. The highest BCUT2D eigenvalue weighted by Gasteiger charge is 2.20. The predicted octanol–water partition coefficient (Wildman–Crippen LogP) is 2.40. The van der Waals surface area contributed by atoms with Crippen LogP contribution in [-0.2, 0) is 11.3 Å². The van der Waals surface area contributed by atoms with Crippen molar-refractivity contribution >= 4 is 17.1 Å². The number of fused-ring (bicyclic) bond motifs is 1. The number of ether oxygens (including phenoxy) is 1. The summed E-state index contributed by atoms with van der Waals surface area (Å²) in [5.74, 6) is 0.701. The summed E-state index contributed by atoms with van der Waals surface area (Å²) >= 11 is 0. The molecule has 0 radical (unpaired) electrons. The van der Waals surface area contributed by atoms with Crippen LogP contribution in [0.2, 0.25) is 0 Å². The van der Waals surface area contributed by atoms with Crippen molar-refractivity contribution in [2.45, 2.75) is 26.5 Å². The van der Waals surface area contributed by atoms with Gasteiger partial charge in [0.25, 0.3) is 0 Å². The van der Waals surface area contributed by atoms with Gasteiger partial charge >= 0.3 is 0 Å². The van der Waals surface area contributed by atoms with Gasteiger partial charge in [0.05, 0.1) is 26.1 Å². The number of nitrogens with zero attached hydrogens (tertiary/aromatic N) is 5. The van der Waals surface area contributed by atoms with Crippen molar-refractivity contribution in [3.63, 3.8) is 0 Å². The summed E-state index contributed by atoms with van der Waals surface area (Å²) in [5, 5.41) is 9.48. The van der Waals surface area contributed by atoms with Crippen LogP contribution in [0.25, 0.3) is 22.4 Å². The maximum atomic E-state index is 9.48. The second-order valence-electron chi connectivity index (χ2n) is 6.75. The molecule has 136 valence electrons. The molecule has 3 aromatic rings. The maximum Gasteiger partial charge on any atom is 0.228 e. The molecule has 1 aliphatic heterocycles. The average Bonchev–Trinajstić information content (AvgIpc) is 3.12. The zero-order valence-electron chi connectivity index (χ0n) is 15.1. The normalized spacial score (nSPS) is 15.2. The molecule has 0 bridgehead atoms. The van der Waals surface area contributed by atoms with Crippen molar-refractivity contribution in [1.29, 1.82) is 0 Å². The van der Waals surface area contributed by atoms with Crippen LogP contribution in [0.1, 0.15) is 25.5 Å². The Bertz CT molecular complexity index is 915. The summed E-state index contributed by atoms with van der Waals surface area (Å²) < 4.78 is 7.53. The van der Waals surface area contributed by atoms with Gasteiger partial charge in [-0.15, -0.1) is 0 Å². The van der Waals surface area contributed by atoms with Gasteiger partial charge in [0.2, 0.25) is 5.95 Å². The van der Waals surface area contributed by atoms with Crippen LogP contribution in [0.4, 0.5) is 5.95 Å². The fraction of sp³-hybridized carbons (Fsp3) is 0.421. The number of hydrogen-bond acceptors (Lipinski definition) is 6. The number of anilines is 1. The van der Waals surface area contributed by atoms with Crippen molar-refractivity contribution in [2.75, 3.05) is 31.2 Å². The lowest BCUT2D eigenvalue weighted by molar-refractivity contribution is 0.122. The number of rotatable bonds is 4. The monoisotopic (exact) mass is 353 g/mol. The Hall–Kier alpha value is -2.51. The molecule has 3 heterocycles. The molecule has 0 unspecified atom stereocenters. The van der Waals surface area contributed by atoms with E-state index in [1.54, 1.807) is 0 Å². The van der Waals surface area contributed by atoms with Crippen LogP contribution in [0.5, 0.6) is 0 Å². The van der Waals surface area contributed by atoms with Gasteiger partial charge in [-0.1, -0.05) is 18.2 Å². The molecule has 1 fully saturated rings. The van der Waals surface area contributed by atoms with E-state index in [0.717, 1.165) is 41.1 Å². The van der Waals surface area contributed by atoms with Crippen LogP contribution in [0.15, 0.2) is 30.6 Å². The molecule has 1 aliphatic rings. The lowest BCUT2D eigenvalue weighted by Gasteiger charge is -2.27. The molecule has 7 heteroatoms. The van der Waals surface area contributed by atoms with E-state index in [1.807, 2.05) is 30.6 Å². The smallest absolute Gasteiger partial charge is 0.228 e. The standard InChI is InChI=1S/C19H23N5O2/c1-13(2)24-12-20-17-16(15-5-3-4-14(10-15)11-25)21-19(22-18(17)24)23-6-8-26-9-7-23/h3-5,10,12-13,25H,6-9,11H2,1-2H3. The first-order chi connectivity index (χ1) is 12.7. The second kappa shape index (κ2) is 7.01. The van der Waals surface area contributed by atoms with Gasteiger partial charge < -0.3 is 19.3 Å². The van der Waals surface area contributed by atoms with Gasteiger partial charge in [-0.2, -0.15) is 4.98 Å². The number of aromatic nitrogens is 4. The number of aliphatic hydroxyl groups excluding tert-OH is 1. The number of benzene rings is 1. The lowest BCUT2D eigenvalue weighted by atomic mass is 10.1. The molecule has 0 spiro atoms. The summed E-state index contributed by atoms with van der Waals surface area (Å²) in [5.41, 5.74) is 4.20. The Morgan fingerprint density at radius 1 is 1.19 bits per heavy atom. The lowest BCUT2D eigenvalue weighted by Crippen LogP contribution is -2.37. The third-order valence-electron chi connectivity index (χ3n) is 4.64. The van der Waals surface area contributed by atoms with Crippen molar-refractivity contribution < 1.29 is 9.84 Å². The number of aliphatic hydroxyl groups is 1. The average molecular weight is 353 g/mol. The molecule has 1 aromatic carbocycles. The highest BCUT2D eigenvalue weighted by atomic mass is 16.5. The Morgan fingerprint density at radius 3 is 2.73 bits per heavy atom. The van der Waals surface area contributed by atoms with E-state index in [9.17, 15) is 5.11 Å². The Kier molecular flexibility index (Phi) is 4.57. The van der Waals surface area contributed by atoms with E-state index in [2.05, 4.69) is 28.3 Å². The molecular formula is C19H23N5O2. The zero-order chi connectivity index (χ0) is 18.1. The first-order valence-electron chi connectivity index (χ1n) is 8.95. The van der Waals surface area contributed by atoms with Crippen molar-refractivity contribution in [2.24, 2.45) is 0 Å². The van der Waals surface area contributed by atoms with E-state index in [1.165, 1.54) is 0 Å². The Morgan fingerprint density at radius 2 is 2.00 bits per heavy atom. The fourth-order valence-corrected chi connectivity index (χ4v) is 3.21. The third kappa shape index (κ3) is 3.04. The van der Waals surface area contributed by atoms with Crippen LogP contribution >= 0.6 is 0 Å². The molecule has 0 aliphatic carbocycles. The largest absolute Gasteiger partial charge is 0.392 e. The SMILES string of the molecule is CC(C)n1cnc2c(-c3cccc(CO)c3)nc(N3CCOCC3)nc21. The van der Waals surface area contributed by atoms with Gasteiger partial charge in [0.1, 0.15) is 11.2 Å². The minimum Gasteiger partial charge on any atom is -0.392 e. The van der Waals surface area contributed by atoms with Crippen LogP contribution in [0, 0.1) is 0 Å². The molecule has 1 saturated heterocycles. The summed E-state index contributed by atoms with van der Waals surface area (Å²) in [7, 11) is 0. The van der Waals surface area contributed by atoms with Gasteiger partial charge in [-0.05, 0) is 25.5 Å². The Balaban J connectivity index is 1.91. The number of morpholine rings is 1. The first-order valence-corrected chi connectivity index (χ1v) is 8.95. The molecule has 4 rings (SSSR count). The maximum absolute atomic E-state index is 9.48. The van der Waals surface area contributed by atoms with Gasteiger partial charge in [0, 0.05) is 24.7 Å². The quantitative estimate of drug-likeness (QED) is 0.776. The highest BCUT2D eigenvalue weighted by Crippen LogP contribution is 2.29. The Labute approximate surface area is 152 Å². The molecule has 7 nitrogen and oxygen atoms in total.